The Morgan fingerprint density at radius 1 is 1.24 bits per heavy atom. The molecule has 0 aromatic heterocycles. The fourth-order valence-electron chi connectivity index (χ4n) is 2.54. The van der Waals surface area contributed by atoms with Gasteiger partial charge >= 0.3 is 0 Å². The molecule has 0 radical (unpaired) electrons. The normalized spacial score (nSPS) is 29.0. The number of piperidine rings is 1. The highest BCUT2D eigenvalue weighted by atomic mass is 16.5. The minimum Gasteiger partial charge on any atom is -0.490 e. The van der Waals surface area contributed by atoms with E-state index in [9.17, 15) is 0 Å². The van der Waals surface area contributed by atoms with Gasteiger partial charge in [-0.15, -0.1) is 0 Å². The van der Waals surface area contributed by atoms with Gasteiger partial charge in [-0.25, -0.2) is 0 Å². The molecule has 0 spiro atoms. The Bertz CT molecular complexity index is 386. The molecule has 2 unspecified atom stereocenters. The van der Waals surface area contributed by atoms with Crippen LogP contribution in [0.2, 0.25) is 0 Å². The molecule has 1 aliphatic carbocycles. The molecule has 2 aliphatic rings. The third-order valence-corrected chi connectivity index (χ3v) is 3.75. The van der Waals surface area contributed by atoms with Crippen molar-refractivity contribution in [2.24, 2.45) is 5.92 Å². The van der Waals surface area contributed by atoms with E-state index in [1.807, 2.05) is 0 Å². The van der Waals surface area contributed by atoms with Crippen LogP contribution in [0.5, 0.6) is 5.75 Å². The SMILES string of the molecule is CC1CCNC(c2cccc(OC3CC3)c2)C1. The second-order valence-corrected chi connectivity index (χ2v) is 5.53. The largest absolute Gasteiger partial charge is 0.490 e. The first-order valence-electron chi connectivity index (χ1n) is 6.81. The molecule has 1 aliphatic heterocycles. The lowest BCUT2D eigenvalue weighted by molar-refractivity contribution is 0.299. The molecule has 1 heterocycles. The van der Waals surface area contributed by atoms with Crippen molar-refractivity contribution in [1.29, 1.82) is 0 Å². The second kappa shape index (κ2) is 4.69. The van der Waals surface area contributed by atoms with Crippen LogP contribution >= 0.6 is 0 Å². The second-order valence-electron chi connectivity index (χ2n) is 5.53. The summed E-state index contributed by atoms with van der Waals surface area (Å²) in [4.78, 5) is 0. The molecule has 1 saturated heterocycles. The van der Waals surface area contributed by atoms with Gasteiger partial charge in [0.15, 0.2) is 0 Å². The lowest BCUT2D eigenvalue weighted by atomic mass is 9.90. The summed E-state index contributed by atoms with van der Waals surface area (Å²) in [6, 6.07) is 9.15. The summed E-state index contributed by atoms with van der Waals surface area (Å²) in [7, 11) is 0. The zero-order chi connectivity index (χ0) is 11.7. The first-order valence-corrected chi connectivity index (χ1v) is 6.81. The number of nitrogens with one attached hydrogen (secondary N) is 1. The van der Waals surface area contributed by atoms with Gasteiger partial charge in [-0.1, -0.05) is 19.1 Å². The number of ether oxygens (including phenoxy) is 1. The zero-order valence-electron chi connectivity index (χ0n) is 10.5. The summed E-state index contributed by atoms with van der Waals surface area (Å²) in [6.45, 7) is 3.48. The average Bonchev–Trinajstić information content (AvgIpc) is 3.13. The zero-order valence-corrected chi connectivity index (χ0v) is 10.5. The summed E-state index contributed by atoms with van der Waals surface area (Å²) in [6.07, 6.45) is 5.48. The van der Waals surface area contributed by atoms with E-state index >= 15 is 0 Å². The Hall–Kier alpha value is -1.02. The predicted octanol–water partition coefficient (Wildman–Crippen LogP) is 3.29. The summed E-state index contributed by atoms with van der Waals surface area (Å²) >= 11 is 0. The number of benzene rings is 1. The maximum Gasteiger partial charge on any atom is 0.120 e. The van der Waals surface area contributed by atoms with Crippen molar-refractivity contribution in [3.05, 3.63) is 29.8 Å². The van der Waals surface area contributed by atoms with Crippen molar-refractivity contribution < 1.29 is 4.74 Å². The third kappa shape index (κ3) is 2.81. The topological polar surface area (TPSA) is 21.3 Å². The Morgan fingerprint density at radius 3 is 2.88 bits per heavy atom. The molecule has 2 nitrogen and oxygen atoms in total. The van der Waals surface area contributed by atoms with Crippen LogP contribution in [-0.4, -0.2) is 12.6 Å². The van der Waals surface area contributed by atoms with E-state index in [0.717, 1.165) is 18.2 Å². The number of rotatable bonds is 3. The van der Waals surface area contributed by atoms with Crippen molar-refractivity contribution >= 4 is 0 Å². The first kappa shape index (κ1) is 11.1. The van der Waals surface area contributed by atoms with Crippen LogP contribution in [0.15, 0.2) is 24.3 Å². The van der Waals surface area contributed by atoms with Gasteiger partial charge in [-0.3, -0.25) is 0 Å². The lowest BCUT2D eigenvalue weighted by Crippen LogP contribution is -2.30. The Balaban J connectivity index is 1.72. The van der Waals surface area contributed by atoms with Crippen molar-refractivity contribution in [3.63, 3.8) is 0 Å². The van der Waals surface area contributed by atoms with Gasteiger partial charge in [0.25, 0.3) is 0 Å². The molecule has 2 heteroatoms. The standard InChI is InChI=1S/C15H21NO/c1-11-7-8-16-15(9-11)12-3-2-4-14(10-12)17-13-5-6-13/h2-4,10-11,13,15-16H,5-9H2,1H3. The van der Waals surface area contributed by atoms with Crippen LogP contribution in [0.25, 0.3) is 0 Å². The maximum absolute atomic E-state index is 5.86. The fourth-order valence-corrected chi connectivity index (χ4v) is 2.54. The molecular weight excluding hydrogens is 210 g/mol. The summed E-state index contributed by atoms with van der Waals surface area (Å²) in [5, 5.41) is 3.61. The van der Waals surface area contributed by atoms with Crippen molar-refractivity contribution in [1.82, 2.24) is 5.32 Å². The first-order chi connectivity index (χ1) is 8.31. The third-order valence-electron chi connectivity index (χ3n) is 3.75. The van der Waals surface area contributed by atoms with Crippen LogP contribution in [-0.2, 0) is 0 Å². The lowest BCUT2D eigenvalue weighted by Gasteiger charge is -2.28. The smallest absolute Gasteiger partial charge is 0.120 e. The quantitative estimate of drug-likeness (QED) is 0.862. The molecule has 1 saturated carbocycles. The van der Waals surface area contributed by atoms with Crippen LogP contribution in [0.1, 0.15) is 44.2 Å². The Labute approximate surface area is 103 Å². The molecule has 92 valence electrons. The van der Waals surface area contributed by atoms with E-state index < -0.39 is 0 Å². The van der Waals surface area contributed by atoms with E-state index in [0.29, 0.717) is 12.1 Å². The van der Waals surface area contributed by atoms with E-state index in [4.69, 9.17) is 4.74 Å². The van der Waals surface area contributed by atoms with Crippen molar-refractivity contribution in [2.75, 3.05) is 6.54 Å². The van der Waals surface area contributed by atoms with Crippen LogP contribution in [0.4, 0.5) is 0 Å². The van der Waals surface area contributed by atoms with Gasteiger partial charge < -0.3 is 10.1 Å². The molecule has 0 amide bonds. The van der Waals surface area contributed by atoms with E-state index in [-0.39, 0.29) is 0 Å². The fraction of sp³-hybridized carbons (Fsp3) is 0.600. The van der Waals surface area contributed by atoms with Crippen molar-refractivity contribution in [3.8, 4) is 5.75 Å². The molecule has 17 heavy (non-hydrogen) atoms. The number of hydrogen-bond acceptors (Lipinski definition) is 2. The molecule has 1 aromatic rings. The Morgan fingerprint density at radius 2 is 2.12 bits per heavy atom. The van der Waals surface area contributed by atoms with Gasteiger partial charge in [0, 0.05) is 6.04 Å². The van der Waals surface area contributed by atoms with Gasteiger partial charge in [-0.05, 0) is 55.8 Å². The van der Waals surface area contributed by atoms with Gasteiger partial charge in [0.1, 0.15) is 5.75 Å². The average molecular weight is 231 g/mol. The van der Waals surface area contributed by atoms with Gasteiger partial charge in [0.05, 0.1) is 6.10 Å². The van der Waals surface area contributed by atoms with E-state index in [2.05, 4.69) is 36.5 Å². The van der Waals surface area contributed by atoms with Gasteiger partial charge in [0.2, 0.25) is 0 Å². The van der Waals surface area contributed by atoms with Crippen LogP contribution < -0.4 is 10.1 Å². The van der Waals surface area contributed by atoms with E-state index in [1.54, 1.807) is 0 Å². The Kier molecular flexibility index (Phi) is 3.06. The van der Waals surface area contributed by atoms with Gasteiger partial charge in [-0.2, -0.15) is 0 Å². The predicted molar refractivity (Wildman–Crippen MR) is 69.2 cm³/mol. The molecule has 3 rings (SSSR count). The number of hydrogen-bond donors (Lipinski definition) is 1. The minimum absolute atomic E-state index is 0.489. The highest BCUT2D eigenvalue weighted by molar-refractivity contribution is 5.31. The van der Waals surface area contributed by atoms with E-state index in [1.165, 1.54) is 31.2 Å². The van der Waals surface area contributed by atoms with Crippen molar-refractivity contribution in [2.45, 2.75) is 44.8 Å². The molecule has 1 N–H and O–H groups in total. The molecule has 2 fully saturated rings. The molecule has 2 atom stereocenters. The monoisotopic (exact) mass is 231 g/mol. The molecular formula is C15H21NO. The van der Waals surface area contributed by atoms with Crippen LogP contribution in [0, 0.1) is 5.92 Å². The summed E-state index contributed by atoms with van der Waals surface area (Å²) in [5.41, 5.74) is 1.38. The highest BCUT2D eigenvalue weighted by Gasteiger charge is 2.24. The minimum atomic E-state index is 0.489. The molecule has 0 bridgehead atoms. The maximum atomic E-state index is 5.86. The summed E-state index contributed by atoms with van der Waals surface area (Å²) in [5.74, 6) is 1.87. The highest BCUT2D eigenvalue weighted by Crippen LogP contribution is 2.31. The molecule has 1 aromatic carbocycles. The summed E-state index contributed by atoms with van der Waals surface area (Å²) < 4.78 is 5.86. The van der Waals surface area contributed by atoms with Crippen LogP contribution in [0.3, 0.4) is 0 Å².